The Kier molecular flexibility index (Phi) is 8.05. The average Bonchev–Trinajstić information content (AvgIpc) is 2.85. The third kappa shape index (κ3) is 5.36. The number of piperidine rings is 1. The Morgan fingerprint density at radius 2 is 1.74 bits per heavy atom. The summed E-state index contributed by atoms with van der Waals surface area (Å²) in [5.41, 5.74) is 1.19. The minimum absolute atomic E-state index is 0.103. The quantitative estimate of drug-likeness (QED) is 0.586. The number of carbonyl (C=O) groups is 2. The summed E-state index contributed by atoms with van der Waals surface area (Å²) < 4.78 is 29.3. The van der Waals surface area contributed by atoms with Gasteiger partial charge < -0.3 is 15.0 Å². The second kappa shape index (κ2) is 11.2. The van der Waals surface area contributed by atoms with Crippen LogP contribution in [-0.2, 0) is 16.0 Å². The van der Waals surface area contributed by atoms with Crippen LogP contribution in [0.15, 0.2) is 36.4 Å². The molecule has 1 aliphatic carbocycles. The van der Waals surface area contributed by atoms with Gasteiger partial charge in [0, 0.05) is 36.1 Å². The number of amides is 2. The first-order chi connectivity index (χ1) is 16.5. The molecule has 1 unspecified atom stereocenters. The van der Waals surface area contributed by atoms with Crippen molar-refractivity contribution in [3.05, 3.63) is 42.0 Å². The zero-order chi connectivity index (χ0) is 24.1. The average molecular weight is 488 g/mol. The van der Waals surface area contributed by atoms with Crippen LogP contribution in [0, 0.1) is 0 Å². The number of rotatable bonds is 6. The molecule has 8 nitrogen and oxygen atoms in total. The number of likely N-dealkylation sites (tertiary alicyclic amines) is 1. The number of benzene rings is 2. The van der Waals surface area contributed by atoms with Crippen LogP contribution < -0.4 is 9.62 Å². The summed E-state index contributed by atoms with van der Waals surface area (Å²) in [7, 11) is 0. The highest BCUT2D eigenvalue weighted by Crippen LogP contribution is 2.33. The zero-order valence-corrected chi connectivity index (χ0v) is 20.4. The molecule has 184 valence electrons. The van der Waals surface area contributed by atoms with Crippen LogP contribution in [0.5, 0.6) is 0 Å². The van der Waals surface area contributed by atoms with Crippen LogP contribution in [-0.4, -0.2) is 57.4 Å². The van der Waals surface area contributed by atoms with E-state index in [4.69, 9.17) is 4.74 Å². The molecule has 4 rings (SSSR count). The van der Waals surface area contributed by atoms with Gasteiger partial charge in [-0.15, -0.1) is 0 Å². The number of nitrogens with zero attached hydrogens (tertiary/aromatic N) is 2. The van der Waals surface area contributed by atoms with Gasteiger partial charge in [0.2, 0.25) is 0 Å². The number of nitrogens with one attached hydrogen (secondary N) is 1. The van der Waals surface area contributed by atoms with Crippen LogP contribution >= 0.6 is 0 Å². The van der Waals surface area contributed by atoms with E-state index >= 15 is 0 Å². The summed E-state index contributed by atoms with van der Waals surface area (Å²) >= 11 is -2.26. The van der Waals surface area contributed by atoms with Gasteiger partial charge in [0.05, 0.1) is 12.3 Å². The van der Waals surface area contributed by atoms with Gasteiger partial charge in [0.15, 0.2) is 0 Å². The highest BCUT2D eigenvalue weighted by molar-refractivity contribution is 7.80. The van der Waals surface area contributed by atoms with Gasteiger partial charge in [-0.3, -0.25) is 13.7 Å². The van der Waals surface area contributed by atoms with Crippen molar-refractivity contribution in [3.63, 3.8) is 0 Å². The maximum atomic E-state index is 13.1. The van der Waals surface area contributed by atoms with Gasteiger partial charge in [-0.1, -0.05) is 43.5 Å². The first-order valence-corrected chi connectivity index (χ1v) is 13.2. The molecule has 2 fully saturated rings. The van der Waals surface area contributed by atoms with Crippen LogP contribution in [0.25, 0.3) is 10.8 Å². The molecule has 2 N–H and O–H groups in total. The fraction of sp³-hybridized carbons (Fsp3) is 0.520. The predicted octanol–water partition coefficient (Wildman–Crippen LogP) is 4.47. The summed E-state index contributed by atoms with van der Waals surface area (Å²) in [6.07, 6.45) is 6.24. The SMILES string of the molecule is CCOC(=O)N1CCC(N(c2cccc3c(C(=O)NC4CCCCC4)cccc23)S(=O)O)CC1. The van der Waals surface area contributed by atoms with E-state index in [0.29, 0.717) is 43.8 Å². The highest BCUT2D eigenvalue weighted by Gasteiger charge is 2.31. The molecule has 2 aliphatic rings. The number of fused-ring (bicyclic) bond motifs is 1. The molecule has 1 aliphatic heterocycles. The maximum absolute atomic E-state index is 13.1. The van der Waals surface area contributed by atoms with Crippen LogP contribution in [0.1, 0.15) is 62.2 Å². The van der Waals surface area contributed by atoms with Gasteiger partial charge in [0.1, 0.15) is 0 Å². The molecular formula is C25H33N3O5S. The van der Waals surface area contributed by atoms with Crippen LogP contribution in [0.2, 0.25) is 0 Å². The molecule has 2 aromatic carbocycles. The first kappa shape index (κ1) is 24.5. The fourth-order valence-electron chi connectivity index (χ4n) is 5.10. The maximum Gasteiger partial charge on any atom is 0.409 e. The Morgan fingerprint density at radius 1 is 1.06 bits per heavy atom. The molecule has 0 radical (unpaired) electrons. The van der Waals surface area contributed by atoms with Gasteiger partial charge >= 0.3 is 6.09 Å². The van der Waals surface area contributed by atoms with E-state index < -0.39 is 11.3 Å². The Labute approximate surface area is 203 Å². The largest absolute Gasteiger partial charge is 0.450 e. The summed E-state index contributed by atoms with van der Waals surface area (Å²) in [6, 6.07) is 11.0. The van der Waals surface area contributed by atoms with Gasteiger partial charge in [-0.25, -0.2) is 9.00 Å². The predicted molar refractivity (Wildman–Crippen MR) is 133 cm³/mol. The molecular weight excluding hydrogens is 454 g/mol. The van der Waals surface area contributed by atoms with Crippen molar-refractivity contribution >= 4 is 39.7 Å². The van der Waals surface area contributed by atoms with Crippen molar-refractivity contribution < 1.29 is 23.1 Å². The molecule has 1 heterocycles. The fourth-order valence-corrected chi connectivity index (χ4v) is 5.89. The molecule has 0 aromatic heterocycles. The molecule has 34 heavy (non-hydrogen) atoms. The lowest BCUT2D eigenvalue weighted by molar-refractivity contribution is 0.0928. The lowest BCUT2D eigenvalue weighted by Gasteiger charge is -2.37. The minimum Gasteiger partial charge on any atom is -0.450 e. The van der Waals surface area contributed by atoms with Crippen molar-refractivity contribution in [2.24, 2.45) is 0 Å². The summed E-state index contributed by atoms with van der Waals surface area (Å²) in [4.78, 5) is 26.8. The molecule has 0 spiro atoms. The van der Waals surface area contributed by atoms with E-state index in [1.54, 1.807) is 11.8 Å². The molecule has 1 saturated heterocycles. The number of carbonyl (C=O) groups excluding carboxylic acids is 2. The van der Waals surface area contributed by atoms with E-state index in [1.807, 2.05) is 36.4 Å². The second-order valence-corrected chi connectivity index (χ2v) is 9.81. The molecule has 0 bridgehead atoms. The molecule has 2 aromatic rings. The van der Waals surface area contributed by atoms with E-state index in [-0.39, 0.29) is 24.1 Å². The Hall–Kier alpha value is -2.65. The molecule has 2 amide bonds. The highest BCUT2D eigenvalue weighted by atomic mass is 32.2. The Bertz CT molecular complexity index is 1050. The lowest BCUT2D eigenvalue weighted by Crippen LogP contribution is -2.47. The molecule has 1 atom stereocenters. The normalized spacial score (nSPS) is 18.5. The van der Waals surface area contributed by atoms with Crippen LogP contribution in [0.3, 0.4) is 0 Å². The summed E-state index contributed by atoms with van der Waals surface area (Å²) in [6.45, 7) is 3.00. The third-order valence-electron chi connectivity index (χ3n) is 6.81. The monoisotopic (exact) mass is 487 g/mol. The Morgan fingerprint density at radius 3 is 2.41 bits per heavy atom. The summed E-state index contributed by atoms with van der Waals surface area (Å²) in [5, 5.41) is 4.69. The summed E-state index contributed by atoms with van der Waals surface area (Å²) in [5.74, 6) is -0.103. The Balaban J connectivity index is 1.59. The first-order valence-electron chi connectivity index (χ1n) is 12.1. The van der Waals surface area contributed by atoms with Crippen molar-refractivity contribution in [1.82, 2.24) is 10.2 Å². The van der Waals surface area contributed by atoms with Crippen molar-refractivity contribution in [2.45, 2.75) is 64.0 Å². The topological polar surface area (TPSA) is 99.2 Å². The second-order valence-electron chi connectivity index (χ2n) is 8.96. The van der Waals surface area contributed by atoms with Gasteiger partial charge in [-0.05, 0) is 50.1 Å². The van der Waals surface area contributed by atoms with E-state index in [2.05, 4.69) is 5.32 Å². The van der Waals surface area contributed by atoms with E-state index in [1.165, 1.54) is 10.7 Å². The van der Waals surface area contributed by atoms with E-state index in [0.717, 1.165) is 36.5 Å². The van der Waals surface area contributed by atoms with Crippen molar-refractivity contribution in [3.8, 4) is 0 Å². The third-order valence-corrected chi connectivity index (χ3v) is 7.64. The van der Waals surface area contributed by atoms with Crippen molar-refractivity contribution in [2.75, 3.05) is 24.0 Å². The molecule has 1 saturated carbocycles. The molecule has 9 heteroatoms. The van der Waals surface area contributed by atoms with Gasteiger partial charge in [0.25, 0.3) is 17.2 Å². The zero-order valence-electron chi connectivity index (χ0n) is 19.6. The number of ether oxygens (including phenoxy) is 1. The van der Waals surface area contributed by atoms with E-state index in [9.17, 15) is 18.4 Å². The number of hydrogen-bond donors (Lipinski definition) is 2. The smallest absolute Gasteiger partial charge is 0.409 e. The van der Waals surface area contributed by atoms with Crippen molar-refractivity contribution in [1.29, 1.82) is 0 Å². The minimum atomic E-state index is -2.26. The van der Waals surface area contributed by atoms with Gasteiger partial charge in [-0.2, -0.15) is 0 Å². The number of hydrogen-bond acceptors (Lipinski definition) is 4. The van der Waals surface area contributed by atoms with Crippen LogP contribution in [0.4, 0.5) is 10.5 Å². The standard InChI is InChI=1S/C25H33N3O5S/c1-2-33-25(30)27-16-14-19(15-17-27)28(34(31)32)23-13-7-10-20-21(23)11-6-12-22(20)24(29)26-18-8-4-3-5-9-18/h6-7,10-13,18-19H,2-5,8-9,14-17H2,1H3,(H,26,29)(H,31,32). The number of anilines is 1. The lowest BCUT2D eigenvalue weighted by atomic mass is 9.95.